The molecular weight excluding hydrogens is 234 g/mol. The molecule has 1 fully saturated rings. The third kappa shape index (κ3) is 1.65. The first-order valence-corrected chi connectivity index (χ1v) is 5.93. The van der Waals surface area contributed by atoms with Crippen LogP contribution in [0.1, 0.15) is 19.3 Å². The van der Waals surface area contributed by atoms with Crippen LogP contribution in [0.15, 0.2) is 21.3 Å². The molecule has 96 valence electrons. The highest BCUT2D eigenvalue weighted by Crippen LogP contribution is 2.37. The zero-order valence-corrected chi connectivity index (χ0v) is 9.82. The molecular formula is C12H15N3O3. The van der Waals surface area contributed by atoms with Gasteiger partial charge in [-0.2, -0.15) is 0 Å². The summed E-state index contributed by atoms with van der Waals surface area (Å²) in [7, 11) is 0. The Morgan fingerprint density at radius 2 is 2.28 bits per heavy atom. The maximum Gasteiger partial charge on any atom is 0.417 e. The number of hydrogen-bond acceptors (Lipinski definition) is 5. The number of aromatic amines is 1. The summed E-state index contributed by atoms with van der Waals surface area (Å²) in [4.78, 5) is 13.7. The van der Waals surface area contributed by atoms with Crippen molar-refractivity contribution in [3.05, 3.63) is 22.7 Å². The molecule has 0 aliphatic heterocycles. The molecule has 0 radical (unpaired) electrons. The Bertz CT molecular complexity index is 634. The van der Waals surface area contributed by atoms with Gasteiger partial charge in [-0.1, -0.05) is 0 Å². The van der Waals surface area contributed by atoms with Crippen LogP contribution >= 0.6 is 0 Å². The van der Waals surface area contributed by atoms with Crippen LogP contribution in [0.5, 0.6) is 0 Å². The first kappa shape index (κ1) is 11.2. The van der Waals surface area contributed by atoms with Crippen molar-refractivity contribution in [1.29, 1.82) is 0 Å². The summed E-state index contributed by atoms with van der Waals surface area (Å²) in [6.45, 7) is 0.0758. The average Bonchev–Trinajstić information content (AvgIpc) is 2.63. The maximum absolute atomic E-state index is 11.1. The molecule has 0 unspecified atom stereocenters. The second-order valence-corrected chi connectivity index (χ2v) is 4.87. The third-order valence-electron chi connectivity index (χ3n) is 3.60. The van der Waals surface area contributed by atoms with E-state index in [0.717, 1.165) is 19.3 Å². The largest absolute Gasteiger partial charge is 0.417 e. The number of anilines is 2. The lowest BCUT2D eigenvalue weighted by Gasteiger charge is -2.42. The Kier molecular flexibility index (Phi) is 2.34. The van der Waals surface area contributed by atoms with Crippen LogP contribution in [0.4, 0.5) is 11.4 Å². The summed E-state index contributed by atoms with van der Waals surface area (Å²) in [5, 5.41) is 12.7. The Labute approximate surface area is 103 Å². The van der Waals surface area contributed by atoms with E-state index in [1.165, 1.54) is 0 Å². The summed E-state index contributed by atoms with van der Waals surface area (Å²) in [6.07, 6.45) is 2.93. The second-order valence-electron chi connectivity index (χ2n) is 4.87. The molecule has 1 aliphatic carbocycles. The van der Waals surface area contributed by atoms with Crippen LogP contribution < -0.4 is 16.8 Å². The minimum Gasteiger partial charge on any atom is -0.408 e. The van der Waals surface area contributed by atoms with Crippen LogP contribution in [-0.4, -0.2) is 22.2 Å². The molecule has 0 saturated heterocycles. The van der Waals surface area contributed by atoms with E-state index in [1.807, 2.05) is 0 Å². The van der Waals surface area contributed by atoms with Crippen molar-refractivity contribution in [2.24, 2.45) is 0 Å². The molecule has 2 aromatic rings. The van der Waals surface area contributed by atoms with E-state index in [1.54, 1.807) is 12.1 Å². The first-order chi connectivity index (χ1) is 8.62. The monoisotopic (exact) mass is 249 g/mol. The summed E-state index contributed by atoms with van der Waals surface area (Å²) in [6, 6.07) is 3.35. The Hall–Kier alpha value is -1.95. The van der Waals surface area contributed by atoms with E-state index in [-0.39, 0.29) is 12.1 Å². The molecule has 6 heteroatoms. The van der Waals surface area contributed by atoms with Crippen LogP contribution in [0.3, 0.4) is 0 Å². The van der Waals surface area contributed by atoms with Gasteiger partial charge in [-0.3, -0.25) is 4.98 Å². The molecule has 1 aromatic carbocycles. The SMILES string of the molecule is Nc1cc2oc(=O)[nH]c2cc1NC1(CO)CCC1. The fourth-order valence-corrected chi connectivity index (χ4v) is 2.33. The number of aromatic nitrogens is 1. The number of rotatable bonds is 3. The number of nitrogens with two attached hydrogens (primary N) is 1. The van der Waals surface area contributed by atoms with Gasteiger partial charge in [0.05, 0.1) is 29.0 Å². The molecule has 0 bridgehead atoms. The Balaban J connectivity index is 2.00. The number of aliphatic hydroxyl groups excluding tert-OH is 1. The van der Waals surface area contributed by atoms with Gasteiger partial charge in [-0.05, 0) is 25.3 Å². The molecule has 1 saturated carbocycles. The van der Waals surface area contributed by atoms with Gasteiger partial charge in [-0.15, -0.1) is 0 Å². The molecule has 0 atom stereocenters. The quantitative estimate of drug-likeness (QED) is 0.608. The smallest absolute Gasteiger partial charge is 0.408 e. The number of nitrogen functional groups attached to an aromatic ring is 1. The molecule has 1 aliphatic rings. The molecule has 5 N–H and O–H groups in total. The summed E-state index contributed by atoms with van der Waals surface area (Å²) >= 11 is 0. The van der Waals surface area contributed by atoms with Crippen LogP contribution in [0, 0.1) is 0 Å². The average molecular weight is 249 g/mol. The highest BCUT2D eigenvalue weighted by molar-refractivity contribution is 5.85. The van der Waals surface area contributed by atoms with Gasteiger partial charge in [0, 0.05) is 6.07 Å². The Morgan fingerprint density at radius 1 is 1.50 bits per heavy atom. The molecule has 18 heavy (non-hydrogen) atoms. The standard InChI is InChI=1S/C12H15N3O3/c13-7-4-10-9(14-11(17)18-10)5-8(7)15-12(6-16)2-1-3-12/h4-5,15-16H,1-3,6,13H2,(H,14,17). The zero-order chi connectivity index (χ0) is 12.8. The van der Waals surface area contributed by atoms with E-state index in [4.69, 9.17) is 10.2 Å². The van der Waals surface area contributed by atoms with Crippen molar-refractivity contribution in [2.75, 3.05) is 17.7 Å². The van der Waals surface area contributed by atoms with Crippen molar-refractivity contribution < 1.29 is 9.52 Å². The first-order valence-electron chi connectivity index (χ1n) is 5.93. The molecule has 0 spiro atoms. The van der Waals surface area contributed by atoms with Gasteiger partial charge in [0.25, 0.3) is 0 Å². The molecule has 1 aromatic heterocycles. The van der Waals surface area contributed by atoms with Crippen molar-refractivity contribution >= 4 is 22.5 Å². The number of aliphatic hydroxyl groups is 1. The van der Waals surface area contributed by atoms with Crippen LogP contribution in [0.2, 0.25) is 0 Å². The predicted octanol–water partition coefficient (Wildman–Crippen LogP) is 1.03. The number of hydrogen-bond donors (Lipinski definition) is 4. The van der Waals surface area contributed by atoms with E-state index >= 15 is 0 Å². The second kappa shape index (κ2) is 3.78. The summed E-state index contributed by atoms with van der Waals surface area (Å²) in [5.41, 5.74) is 7.91. The third-order valence-corrected chi connectivity index (χ3v) is 3.60. The van der Waals surface area contributed by atoms with Gasteiger partial charge in [0.2, 0.25) is 0 Å². The van der Waals surface area contributed by atoms with Crippen molar-refractivity contribution in [3.8, 4) is 0 Å². The highest BCUT2D eigenvalue weighted by atomic mass is 16.4. The number of nitrogens with one attached hydrogen (secondary N) is 2. The summed E-state index contributed by atoms with van der Waals surface area (Å²) in [5.74, 6) is -0.498. The van der Waals surface area contributed by atoms with Crippen LogP contribution in [-0.2, 0) is 0 Å². The van der Waals surface area contributed by atoms with Gasteiger partial charge in [-0.25, -0.2) is 4.79 Å². The predicted molar refractivity (Wildman–Crippen MR) is 68.5 cm³/mol. The van der Waals surface area contributed by atoms with Crippen molar-refractivity contribution in [3.63, 3.8) is 0 Å². The van der Waals surface area contributed by atoms with E-state index in [2.05, 4.69) is 10.3 Å². The van der Waals surface area contributed by atoms with E-state index in [9.17, 15) is 9.90 Å². The van der Waals surface area contributed by atoms with Gasteiger partial charge < -0.3 is 20.6 Å². The molecule has 0 amide bonds. The Morgan fingerprint density at radius 3 is 2.89 bits per heavy atom. The molecule has 1 heterocycles. The topological polar surface area (TPSA) is 104 Å². The van der Waals surface area contributed by atoms with Crippen molar-refractivity contribution in [1.82, 2.24) is 4.98 Å². The molecule has 6 nitrogen and oxygen atoms in total. The zero-order valence-electron chi connectivity index (χ0n) is 9.82. The number of fused-ring (bicyclic) bond motifs is 1. The van der Waals surface area contributed by atoms with E-state index < -0.39 is 5.76 Å². The number of benzene rings is 1. The maximum atomic E-state index is 11.1. The summed E-state index contributed by atoms with van der Waals surface area (Å²) < 4.78 is 4.93. The number of oxazole rings is 1. The number of H-pyrrole nitrogens is 1. The lowest BCUT2D eigenvalue weighted by molar-refractivity contribution is 0.144. The van der Waals surface area contributed by atoms with E-state index in [0.29, 0.717) is 22.5 Å². The van der Waals surface area contributed by atoms with Gasteiger partial charge in [0.15, 0.2) is 5.58 Å². The molecule has 3 rings (SSSR count). The lowest BCUT2D eigenvalue weighted by atomic mass is 9.77. The normalized spacial score (nSPS) is 17.6. The minimum absolute atomic E-state index is 0.0758. The van der Waals surface area contributed by atoms with Crippen molar-refractivity contribution in [2.45, 2.75) is 24.8 Å². The highest BCUT2D eigenvalue weighted by Gasteiger charge is 2.36. The van der Waals surface area contributed by atoms with Gasteiger partial charge >= 0.3 is 5.76 Å². The fourth-order valence-electron chi connectivity index (χ4n) is 2.33. The van der Waals surface area contributed by atoms with Gasteiger partial charge in [0.1, 0.15) is 0 Å². The van der Waals surface area contributed by atoms with Crippen LogP contribution in [0.25, 0.3) is 11.1 Å². The minimum atomic E-state index is -0.498. The fraction of sp³-hybridized carbons (Fsp3) is 0.417. The lowest BCUT2D eigenvalue weighted by Crippen LogP contribution is -2.48.